The molecule has 2 rings (SSSR count). The second-order valence-electron chi connectivity index (χ2n) is 5.61. The molecule has 5 heteroatoms. The summed E-state index contributed by atoms with van der Waals surface area (Å²) in [4.78, 5) is 0. The highest BCUT2D eigenvalue weighted by Crippen LogP contribution is 2.44. The molecule has 1 aliphatic rings. The zero-order valence-corrected chi connectivity index (χ0v) is 13.0. The molecule has 0 radical (unpaired) electrons. The van der Waals surface area contributed by atoms with Crippen LogP contribution in [0.15, 0.2) is 6.20 Å². The molecule has 1 aromatic heterocycles. The second kappa shape index (κ2) is 5.81. The average Bonchev–Trinajstić information content (AvgIpc) is 2.99. The summed E-state index contributed by atoms with van der Waals surface area (Å²) < 4.78 is 7.91. The normalized spacial score (nSPS) is 20.1. The minimum Gasteiger partial charge on any atom is -0.376 e. The van der Waals surface area contributed by atoms with E-state index in [2.05, 4.69) is 24.3 Å². The van der Waals surface area contributed by atoms with Gasteiger partial charge in [0.05, 0.1) is 28.6 Å². The number of halogens is 1. The van der Waals surface area contributed by atoms with Crippen LogP contribution in [0.5, 0.6) is 0 Å². The molecule has 1 atom stereocenters. The van der Waals surface area contributed by atoms with Gasteiger partial charge in [0.25, 0.3) is 0 Å². The number of aromatic nitrogens is 2. The van der Waals surface area contributed by atoms with Crippen LogP contribution >= 0.6 is 11.6 Å². The third-order valence-corrected chi connectivity index (χ3v) is 4.51. The van der Waals surface area contributed by atoms with E-state index >= 15 is 0 Å². The molecule has 1 aromatic rings. The van der Waals surface area contributed by atoms with Crippen LogP contribution in [0.1, 0.15) is 57.3 Å². The third kappa shape index (κ3) is 2.54. The molecule has 0 aromatic carbocycles. The van der Waals surface area contributed by atoms with Crippen LogP contribution in [0, 0.1) is 0 Å². The first-order valence-electron chi connectivity index (χ1n) is 7.01. The third-order valence-electron chi connectivity index (χ3n) is 4.22. The molecular weight excluding hydrogens is 262 g/mol. The van der Waals surface area contributed by atoms with E-state index in [4.69, 9.17) is 16.3 Å². The van der Waals surface area contributed by atoms with E-state index in [1.165, 1.54) is 12.8 Å². The molecule has 1 unspecified atom stereocenters. The van der Waals surface area contributed by atoms with Gasteiger partial charge in [0, 0.05) is 13.2 Å². The Balaban J connectivity index is 2.44. The largest absolute Gasteiger partial charge is 0.376 e. The fraction of sp³-hybridized carbons (Fsp3) is 0.786. The maximum atomic E-state index is 6.38. The molecule has 19 heavy (non-hydrogen) atoms. The Hall–Kier alpha value is -0.580. The van der Waals surface area contributed by atoms with Gasteiger partial charge in [-0.3, -0.25) is 4.68 Å². The first-order chi connectivity index (χ1) is 9.05. The van der Waals surface area contributed by atoms with Crippen LogP contribution in [0.3, 0.4) is 0 Å². The van der Waals surface area contributed by atoms with Gasteiger partial charge in [-0.2, -0.15) is 5.10 Å². The zero-order valence-electron chi connectivity index (χ0n) is 12.2. The predicted molar refractivity (Wildman–Crippen MR) is 77.6 cm³/mol. The van der Waals surface area contributed by atoms with Crippen LogP contribution in [0.25, 0.3) is 0 Å². The van der Waals surface area contributed by atoms with Crippen molar-refractivity contribution in [3.8, 4) is 0 Å². The summed E-state index contributed by atoms with van der Waals surface area (Å²) in [6.45, 7) is 4.24. The molecule has 108 valence electrons. The van der Waals surface area contributed by atoms with Crippen molar-refractivity contribution in [1.29, 1.82) is 0 Å². The fourth-order valence-electron chi connectivity index (χ4n) is 3.27. The average molecular weight is 286 g/mol. The molecule has 1 N–H and O–H groups in total. The Bertz CT molecular complexity index is 424. The van der Waals surface area contributed by atoms with Gasteiger partial charge in [0.1, 0.15) is 0 Å². The van der Waals surface area contributed by atoms with Crippen LogP contribution in [-0.4, -0.2) is 29.5 Å². The van der Waals surface area contributed by atoms with Crippen molar-refractivity contribution in [2.24, 2.45) is 0 Å². The highest BCUT2D eigenvalue weighted by molar-refractivity contribution is 6.31. The van der Waals surface area contributed by atoms with Gasteiger partial charge in [-0.05, 0) is 33.7 Å². The lowest BCUT2D eigenvalue weighted by Gasteiger charge is -2.37. The predicted octanol–water partition coefficient (Wildman–Crippen LogP) is 3.34. The van der Waals surface area contributed by atoms with Crippen molar-refractivity contribution in [2.75, 3.05) is 14.2 Å². The summed E-state index contributed by atoms with van der Waals surface area (Å²) >= 11 is 6.38. The lowest BCUT2D eigenvalue weighted by Crippen LogP contribution is -2.43. The standard InChI is InChI=1S/C14H24ClN3O/c1-10(2)18-12(11(15)9-17-18)13(16-3)14(19-4)7-5-6-8-14/h9-10,13,16H,5-8H2,1-4H3. The van der Waals surface area contributed by atoms with Crippen LogP contribution in [-0.2, 0) is 4.74 Å². The highest BCUT2D eigenvalue weighted by atomic mass is 35.5. The smallest absolute Gasteiger partial charge is 0.0888 e. The van der Waals surface area contributed by atoms with Gasteiger partial charge in [-0.15, -0.1) is 0 Å². The van der Waals surface area contributed by atoms with Crippen molar-refractivity contribution in [3.05, 3.63) is 16.9 Å². The Morgan fingerprint density at radius 2 is 2.05 bits per heavy atom. The molecule has 0 aliphatic heterocycles. The SMILES string of the molecule is CNC(c1c(Cl)cnn1C(C)C)C1(OC)CCCC1. The minimum absolute atomic E-state index is 0.0809. The summed E-state index contributed by atoms with van der Waals surface area (Å²) in [6.07, 6.45) is 6.28. The van der Waals surface area contributed by atoms with E-state index in [1.54, 1.807) is 13.3 Å². The van der Waals surface area contributed by atoms with Gasteiger partial charge >= 0.3 is 0 Å². The molecule has 0 bridgehead atoms. The van der Waals surface area contributed by atoms with Crippen molar-refractivity contribution in [1.82, 2.24) is 15.1 Å². The van der Waals surface area contributed by atoms with Gasteiger partial charge in [0.2, 0.25) is 0 Å². The Morgan fingerprint density at radius 3 is 2.53 bits per heavy atom. The Kier molecular flexibility index (Phi) is 4.54. The monoisotopic (exact) mass is 285 g/mol. The molecular formula is C14H24ClN3O. The van der Waals surface area contributed by atoms with Crippen LogP contribution in [0.4, 0.5) is 0 Å². The number of nitrogens with one attached hydrogen (secondary N) is 1. The Morgan fingerprint density at radius 1 is 1.42 bits per heavy atom. The number of methoxy groups -OCH3 is 1. The summed E-state index contributed by atoms with van der Waals surface area (Å²) in [6, 6.07) is 0.367. The first kappa shape index (κ1) is 14.8. The Labute approximate surface area is 120 Å². The van der Waals surface area contributed by atoms with E-state index in [9.17, 15) is 0 Å². The number of hydrogen-bond acceptors (Lipinski definition) is 3. The molecule has 1 fully saturated rings. The molecule has 0 saturated heterocycles. The summed E-state index contributed by atoms with van der Waals surface area (Å²) in [7, 11) is 3.78. The lowest BCUT2D eigenvalue weighted by atomic mass is 9.89. The second-order valence-corrected chi connectivity index (χ2v) is 6.02. The number of hydrogen-bond donors (Lipinski definition) is 1. The van der Waals surface area contributed by atoms with E-state index in [0.29, 0.717) is 0 Å². The summed E-state index contributed by atoms with van der Waals surface area (Å²) in [5, 5.41) is 8.53. The van der Waals surface area contributed by atoms with Gasteiger partial charge in [-0.1, -0.05) is 24.4 Å². The van der Waals surface area contributed by atoms with Crippen molar-refractivity contribution < 1.29 is 4.74 Å². The summed E-state index contributed by atoms with van der Waals surface area (Å²) in [5.74, 6) is 0. The van der Waals surface area contributed by atoms with Crippen molar-refractivity contribution in [3.63, 3.8) is 0 Å². The quantitative estimate of drug-likeness (QED) is 0.902. The molecule has 4 nitrogen and oxygen atoms in total. The minimum atomic E-state index is -0.162. The van der Waals surface area contributed by atoms with Crippen molar-refractivity contribution in [2.45, 2.75) is 57.2 Å². The van der Waals surface area contributed by atoms with E-state index in [-0.39, 0.29) is 17.7 Å². The number of ether oxygens (including phenoxy) is 1. The molecule has 0 amide bonds. The first-order valence-corrected chi connectivity index (χ1v) is 7.39. The van der Waals surface area contributed by atoms with Crippen LogP contribution in [0.2, 0.25) is 5.02 Å². The van der Waals surface area contributed by atoms with Gasteiger partial charge < -0.3 is 10.1 Å². The van der Waals surface area contributed by atoms with E-state index in [1.807, 2.05) is 11.7 Å². The maximum Gasteiger partial charge on any atom is 0.0888 e. The summed E-state index contributed by atoms with van der Waals surface area (Å²) in [5.41, 5.74) is 0.883. The van der Waals surface area contributed by atoms with Crippen molar-refractivity contribution >= 4 is 11.6 Å². The number of likely N-dealkylation sites (N-methyl/N-ethyl adjacent to an activating group) is 1. The van der Waals surface area contributed by atoms with Gasteiger partial charge in [0.15, 0.2) is 0 Å². The zero-order chi connectivity index (χ0) is 14.0. The fourth-order valence-corrected chi connectivity index (χ4v) is 3.50. The van der Waals surface area contributed by atoms with Gasteiger partial charge in [-0.25, -0.2) is 0 Å². The van der Waals surface area contributed by atoms with E-state index in [0.717, 1.165) is 23.6 Å². The highest BCUT2D eigenvalue weighted by Gasteiger charge is 2.44. The molecule has 0 spiro atoms. The van der Waals surface area contributed by atoms with E-state index < -0.39 is 0 Å². The molecule has 1 saturated carbocycles. The van der Waals surface area contributed by atoms with Crippen LogP contribution < -0.4 is 5.32 Å². The number of nitrogens with zero attached hydrogens (tertiary/aromatic N) is 2. The number of rotatable bonds is 5. The topological polar surface area (TPSA) is 39.1 Å². The molecule has 1 aliphatic carbocycles. The molecule has 1 heterocycles. The maximum absolute atomic E-state index is 6.38. The lowest BCUT2D eigenvalue weighted by molar-refractivity contribution is -0.0372.